The molecule has 0 spiro atoms. The molecule has 3 nitrogen and oxygen atoms in total. The Morgan fingerprint density at radius 1 is 1.33 bits per heavy atom. The molecule has 0 heterocycles. The molecule has 4 heteroatoms. The molecule has 100 valence electrons. The summed E-state index contributed by atoms with van der Waals surface area (Å²) in [5.74, 6) is 1.60. The van der Waals surface area contributed by atoms with Crippen LogP contribution < -0.4 is 4.74 Å². The molecule has 0 atom stereocenters. The van der Waals surface area contributed by atoms with E-state index < -0.39 is 0 Å². The number of thiol groups is 1. The van der Waals surface area contributed by atoms with Crippen LogP contribution in [0, 0.1) is 13.8 Å². The fraction of sp³-hybridized carbons (Fsp3) is 0.500. The molecule has 1 rings (SSSR count). The van der Waals surface area contributed by atoms with Gasteiger partial charge in [-0.3, -0.25) is 4.79 Å². The minimum Gasteiger partial charge on any atom is -0.496 e. The first-order valence-electron chi connectivity index (χ1n) is 5.99. The van der Waals surface area contributed by atoms with E-state index in [9.17, 15) is 4.79 Å². The van der Waals surface area contributed by atoms with Gasteiger partial charge >= 0.3 is 0 Å². The summed E-state index contributed by atoms with van der Waals surface area (Å²) in [5, 5.41) is 0. The van der Waals surface area contributed by atoms with Crippen LogP contribution in [0.15, 0.2) is 12.1 Å². The number of hydrogen-bond acceptors (Lipinski definition) is 3. The van der Waals surface area contributed by atoms with Crippen molar-refractivity contribution in [3.63, 3.8) is 0 Å². The highest BCUT2D eigenvalue weighted by molar-refractivity contribution is 7.80. The van der Waals surface area contributed by atoms with Crippen LogP contribution in [0.5, 0.6) is 5.75 Å². The summed E-state index contributed by atoms with van der Waals surface area (Å²) in [6.07, 6.45) is 0.480. The number of hydrogen-bond donors (Lipinski definition) is 1. The first-order valence-corrected chi connectivity index (χ1v) is 6.62. The van der Waals surface area contributed by atoms with Crippen molar-refractivity contribution in [2.75, 3.05) is 19.9 Å². The maximum Gasteiger partial charge on any atom is 0.223 e. The molecule has 1 amide bonds. The third-order valence-electron chi connectivity index (χ3n) is 3.23. The molecular weight excluding hydrogens is 246 g/mol. The van der Waals surface area contributed by atoms with Crippen molar-refractivity contribution in [1.29, 1.82) is 0 Å². The van der Waals surface area contributed by atoms with Crippen LogP contribution in [0.4, 0.5) is 0 Å². The second kappa shape index (κ2) is 6.69. The van der Waals surface area contributed by atoms with Gasteiger partial charge in [0, 0.05) is 20.0 Å². The van der Waals surface area contributed by atoms with Crippen molar-refractivity contribution in [2.45, 2.75) is 26.8 Å². The zero-order valence-corrected chi connectivity index (χ0v) is 12.4. The number of nitrogens with zero attached hydrogens (tertiary/aromatic N) is 1. The van der Waals surface area contributed by atoms with Crippen LogP contribution >= 0.6 is 12.6 Å². The van der Waals surface area contributed by atoms with Gasteiger partial charge in [0.25, 0.3) is 0 Å². The Kier molecular flexibility index (Phi) is 5.54. The predicted molar refractivity (Wildman–Crippen MR) is 77.4 cm³/mol. The molecule has 0 radical (unpaired) electrons. The minimum absolute atomic E-state index is 0.123. The van der Waals surface area contributed by atoms with E-state index in [1.807, 2.05) is 26.1 Å². The SMILES string of the molecule is COc1ccc(CN(C)C(=O)CCS)c(C)c1C. The summed E-state index contributed by atoms with van der Waals surface area (Å²) >= 11 is 4.08. The van der Waals surface area contributed by atoms with E-state index in [4.69, 9.17) is 4.74 Å². The number of carbonyl (C=O) groups is 1. The van der Waals surface area contributed by atoms with Gasteiger partial charge in [-0.05, 0) is 42.4 Å². The van der Waals surface area contributed by atoms with Gasteiger partial charge in [-0.1, -0.05) is 6.07 Å². The van der Waals surface area contributed by atoms with Crippen LogP contribution in [0.2, 0.25) is 0 Å². The molecule has 0 aliphatic carbocycles. The van der Waals surface area contributed by atoms with Crippen LogP contribution in [0.1, 0.15) is 23.1 Å². The second-order valence-electron chi connectivity index (χ2n) is 4.40. The van der Waals surface area contributed by atoms with Crippen molar-refractivity contribution >= 4 is 18.5 Å². The summed E-state index contributed by atoms with van der Waals surface area (Å²) in [6.45, 7) is 4.72. The van der Waals surface area contributed by atoms with E-state index in [0.717, 1.165) is 16.9 Å². The maximum absolute atomic E-state index is 11.7. The number of rotatable bonds is 5. The van der Waals surface area contributed by atoms with Crippen LogP contribution in [0.3, 0.4) is 0 Å². The van der Waals surface area contributed by atoms with Gasteiger partial charge in [-0.15, -0.1) is 0 Å². The second-order valence-corrected chi connectivity index (χ2v) is 4.85. The van der Waals surface area contributed by atoms with Gasteiger partial charge in [-0.2, -0.15) is 12.6 Å². The van der Waals surface area contributed by atoms with Crippen molar-refractivity contribution in [3.8, 4) is 5.75 Å². The molecule has 0 saturated heterocycles. The summed E-state index contributed by atoms with van der Waals surface area (Å²) in [7, 11) is 3.49. The number of amides is 1. The molecule has 18 heavy (non-hydrogen) atoms. The van der Waals surface area contributed by atoms with Crippen molar-refractivity contribution in [1.82, 2.24) is 4.90 Å². The number of carbonyl (C=O) groups excluding carboxylic acids is 1. The van der Waals surface area contributed by atoms with E-state index in [1.165, 1.54) is 5.56 Å². The van der Waals surface area contributed by atoms with E-state index in [1.54, 1.807) is 12.0 Å². The summed E-state index contributed by atoms with van der Waals surface area (Å²) < 4.78 is 5.28. The molecule has 0 aliphatic rings. The Bertz CT molecular complexity index is 432. The molecule has 0 bridgehead atoms. The highest BCUT2D eigenvalue weighted by atomic mass is 32.1. The zero-order valence-electron chi connectivity index (χ0n) is 11.5. The van der Waals surface area contributed by atoms with E-state index in [-0.39, 0.29) is 5.91 Å². The molecule has 0 aromatic heterocycles. The van der Waals surface area contributed by atoms with Crippen LogP contribution in [-0.4, -0.2) is 30.7 Å². The van der Waals surface area contributed by atoms with Gasteiger partial charge in [0.05, 0.1) is 7.11 Å². The standard InChI is InChI=1S/C14H21NO2S/c1-10-11(2)13(17-4)6-5-12(10)9-15(3)14(16)7-8-18/h5-6,18H,7-9H2,1-4H3. The lowest BCUT2D eigenvalue weighted by molar-refractivity contribution is -0.129. The monoisotopic (exact) mass is 267 g/mol. The quantitative estimate of drug-likeness (QED) is 0.831. The van der Waals surface area contributed by atoms with Crippen LogP contribution in [-0.2, 0) is 11.3 Å². The third kappa shape index (κ3) is 3.42. The Balaban J connectivity index is 2.85. The molecular formula is C14H21NO2S. The first-order chi connectivity index (χ1) is 8.51. The molecule has 0 unspecified atom stereocenters. The first kappa shape index (κ1) is 14.9. The molecule has 1 aromatic rings. The van der Waals surface area contributed by atoms with Crippen molar-refractivity contribution < 1.29 is 9.53 Å². The highest BCUT2D eigenvalue weighted by Crippen LogP contribution is 2.24. The average Bonchev–Trinajstić information content (AvgIpc) is 2.35. The molecule has 0 N–H and O–H groups in total. The smallest absolute Gasteiger partial charge is 0.223 e. The topological polar surface area (TPSA) is 29.5 Å². The normalized spacial score (nSPS) is 10.3. The molecule has 0 aliphatic heterocycles. The van der Waals surface area contributed by atoms with E-state index in [2.05, 4.69) is 19.6 Å². The minimum atomic E-state index is 0.123. The Hall–Kier alpha value is -1.16. The Morgan fingerprint density at radius 2 is 2.00 bits per heavy atom. The molecule has 0 fully saturated rings. The van der Waals surface area contributed by atoms with Crippen LogP contribution in [0.25, 0.3) is 0 Å². The van der Waals surface area contributed by atoms with Gasteiger partial charge in [0.2, 0.25) is 5.91 Å². The zero-order chi connectivity index (χ0) is 13.7. The van der Waals surface area contributed by atoms with Gasteiger partial charge in [0.15, 0.2) is 0 Å². The van der Waals surface area contributed by atoms with Gasteiger partial charge < -0.3 is 9.64 Å². The molecule has 1 aromatic carbocycles. The summed E-state index contributed by atoms with van der Waals surface area (Å²) in [6, 6.07) is 3.97. The van der Waals surface area contributed by atoms with E-state index in [0.29, 0.717) is 18.7 Å². The fourth-order valence-electron chi connectivity index (χ4n) is 1.87. The number of methoxy groups -OCH3 is 1. The van der Waals surface area contributed by atoms with Crippen molar-refractivity contribution in [3.05, 3.63) is 28.8 Å². The number of benzene rings is 1. The van der Waals surface area contributed by atoms with E-state index >= 15 is 0 Å². The Labute approximate surface area is 115 Å². The van der Waals surface area contributed by atoms with Gasteiger partial charge in [-0.25, -0.2) is 0 Å². The lowest BCUT2D eigenvalue weighted by atomic mass is 10.0. The number of ether oxygens (including phenoxy) is 1. The molecule has 0 saturated carbocycles. The summed E-state index contributed by atoms with van der Waals surface area (Å²) in [4.78, 5) is 13.5. The largest absolute Gasteiger partial charge is 0.496 e. The fourth-order valence-corrected chi connectivity index (χ4v) is 2.07. The van der Waals surface area contributed by atoms with Gasteiger partial charge in [0.1, 0.15) is 5.75 Å². The van der Waals surface area contributed by atoms with Crippen molar-refractivity contribution in [2.24, 2.45) is 0 Å². The lowest BCUT2D eigenvalue weighted by Crippen LogP contribution is -2.26. The Morgan fingerprint density at radius 3 is 2.56 bits per heavy atom. The highest BCUT2D eigenvalue weighted by Gasteiger charge is 2.12. The average molecular weight is 267 g/mol. The third-order valence-corrected chi connectivity index (χ3v) is 3.45. The summed E-state index contributed by atoms with van der Waals surface area (Å²) in [5.41, 5.74) is 3.47. The maximum atomic E-state index is 11.7. The lowest BCUT2D eigenvalue weighted by Gasteiger charge is -2.20. The predicted octanol–water partition coefficient (Wildman–Crippen LogP) is 2.59.